The number of carbonyl (C=O) groups is 4. The molecule has 0 aliphatic carbocycles. The highest BCUT2D eigenvalue weighted by Crippen LogP contribution is 2.36. The van der Waals surface area contributed by atoms with Gasteiger partial charge in [-0.25, -0.2) is 14.6 Å². The van der Waals surface area contributed by atoms with Gasteiger partial charge < -0.3 is 40.0 Å². The fourth-order valence-electron chi connectivity index (χ4n) is 8.79. The SMILES string of the molecule is COC(=O)N[C@H](C(=O)N1CCC[C@H]1c1ncc(-c2ccc3cc(-c4ccc(C5=CN=C([C@@H]6C[C@H](O)CN6C(=O)[C@H](NC(=O)OC)c6ccccc6)C5)cc4)ccc3c2)[nH]1)C(C)C. The second-order valence-electron chi connectivity index (χ2n) is 16.4. The van der Waals surface area contributed by atoms with E-state index in [1.165, 1.54) is 14.2 Å². The first kappa shape index (κ1) is 41.9. The third kappa shape index (κ3) is 8.68. The minimum Gasteiger partial charge on any atom is -0.453 e. The predicted molar refractivity (Wildman–Crippen MR) is 236 cm³/mol. The number of likely N-dealkylation sites (tertiary alicyclic amines) is 2. The van der Waals surface area contributed by atoms with E-state index in [0.717, 1.165) is 68.7 Å². The number of nitrogens with zero attached hydrogens (tertiary/aromatic N) is 4. The molecule has 3 aliphatic heterocycles. The Kier molecular flexibility index (Phi) is 12.2. The van der Waals surface area contributed by atoms with Crippen LogP contribution in [-0.4, -0.2) is 100 Å². The number of aliphatic hydroxyl groups is 1. The number of allylic oxidation sites excluding steroid dienone is 1. The molecule has 3 aliphatic rings. The number of aliphatic hydroxyl groups excluding tert-OH is 1. The number of hydrogen-bond donors (Lipinski definition) is 4. The average molecular weight is 838 g/mol. The average Bonchev–Trinajstić information content (AvgIpc) is 4.14. The molecule has 0 spiro atoms. The van der Waals surface area contributed by atoms with Crippen LogP contribution in [-0.2, 0) is 19.1 Å². The first-order valence-corrected chi connectivity index (χ1v) is 21.0. The van der Waals surface area contributed by atoms with Crippen LogP contribution < -0.4 is 10.6 Å². The number of β-amino-alcohol motifs (C(OH)–C–C–N with tert-alkyl or cyclic N) is 1. The van der Waals surface area contributed by atoms with Gasteiger partial charge >= 0.3 is 12.2 Å². The van der Waals surface area contributed by atoms with Crippen molar-refractivity contribution in [1.82, 2.24) is 30.4 Å². The molecular formula is C48H51N7O7. The van der Waals surface area contributed by atoms with Crippen molar-refractivity contribution >= 4 is 46.1 Å². The molecule has 62 heavy (non-hydrogen) atoms. The molecule has 320 valence electrons. The zero-order chi connectivity index (χ0) is 43.5. The van der Waals surface area contributed by atoms with Crippen molar-refractivity contribution in [3.05, 3.63) is 120 Å². The minimum atomic E-state index is -0.975. The fraction of sp³-hybridized carbons (Fsp3) is 0.333. The van der Waals surface area contributed by atoms with Crippen molar-refractivity contribution in [2.24, 2.45) is 10.9 Å². The highest BCUT2D eigenvalue weighted by molar-refractivity contribution is 6.04. The van der Waals surface area contributed by atoms with E-state index in [4.69, 9.17) is 19.5 Å². The van der Waals surface area contributed by atoms with E-state index in [-0.39, 0.29) is 30.3 Å². The highest BCUT2D eigenvalue weighted by Gasteiger charge is 2.42. The van der Waals surface area contributed by atoms with Gasteiger partial charge in [0.1, 0.15) is 17.9 Å². The number of imidazole rings is 1. The third-order valence-corrected chi connectivity index (χ3v) is 12.1. The molecule has 5 atom stereocenters. The summed E-state index contributed by atoms with van der Waals surface area (Å²) in [4.78, 5) is 68.2. The van der Waals surface area contributed by atoms with E-state index in [9.17, 15) is 24.3 Å². The zero-order valence-electron chi connectivity index (χ0n) is 35.2. The summed E-state index contributed by atoms with van der Waals surface area (Å²) in [5.41, 5.74) is 7.43. The smallest absolute Gasteiger partial charge is 0.407 e. The number of nitrogens with one attached hydrogen (secondary N) is 3. The summed E-state index contributed by atoms with van der Waals surface area (Å²) >= 11 is 0. The van der Waals surface area contributed by atoms with Gasteiger partial charge in [0, 0.05) is 43.4 Å². The van der Waals surface area contributed by atoms with Crippen LogP contribution in [0.2, 0.25) is 0 Å². The van der Waals surface area contributed by atoms with E-state index in [0.29, 0.717) is 24.9 Å². The zero-order valence-corrected chi connectivity index (χ0v) is 35.2. The lowest BCUT2D eigenvalue weighted by molar-refractivity contribution is -0.135. The Balaban J connectivity index is 0.922. The fourth-order valence-corrected chi connectivity index (χ4v) is 8.79. The molecule has 4 amide bonds. The molecule has 0 saturated carbocycles. The lowest BCUT2D eigenvalue weighted by Gasteiger charge is -2.30. The first-order chi connectivity index (χ1) is 30.0. The first-order valence-electron chi connectivity index (χ1n) is 21.0. The number of amides is 4. The summed E-state index contributed by atoms with van der Waals surface area (Å²) in [6.45, 7) is 4.52. The lowest BCUT2D eigenvalue weighted by Crippen LogP contribution is -2.51. The second-order valence-corrected chi connectivity index (χ2v) is 16.4. The number of aromatic nitrogens is 2. The number of aromatic amines is 1. The Hall–Kier alpha value is -6.80. The normalized spacial score (nSPS) is 19.5. The number of benzene rings is 4. The Bertz CT molecular complexity index is 2530. The van der Waals surface area contributed by atoms with Crippen molar-refractivity contribution in [3.63, 3.8) is 0 Å². The summed E-state index contributed by atoms with van der Waals surface area (Å²) in [6.07, 6.45) is 4.09. The minimum absolute atomic E-state index is 0.113. The Morgan fingerprint density at radius 3 is 2.16 bits per heavy atom. The summed E-state index contributed by atoms with van der Waals surface area (Å²) < 4.78 is 9.59. The van der Waals surface area contributed by atoms with Gasteiger partial charge in [-0.1, -0.05) is 92.7 Å². The van der Waals surface area contributed by atoms with Crippen LogP contribution in [0.3, 0.4) is 0 Å². The van der Waals surface area contributed by atoms with Gasteiger partial charge in [-0.2, -0.15) is 0 Å². The highest BCUT2D eigenvalue weighted by atomic mass is 16.5. The summed E-state index contributed by atoms with van der Waals surface area (Å²) in [5.74, 6) is 0.129. The van der Waals surface area contributed by atoms with Crippen LogP contribution in [0.15, 0.2) is 108 Å². The monoisotopic (exact) mass is 837 g/mol. The van der Waals surface area contributed by atoms with E-state index >= 15 is 0 Å². The Morgan fingerprint density at radius 2 is 1.45 bits per heavy atom. The van der Waals surface area contributed by atoms with Crippen LogP contribution in [0.25, 0.3) is 38.7 Å². The third-order valence-electron chi connectivity index (χ3n) is 12.1. The molecule has 0 unspecified atom stereocenters. The molecule has 5 aromatic rings. The van der Waals surface area contributed by atoms with Crippen LogP contribution in [0, 0.1) is 5.92 Å². The Morgan fingerprint density at radius 1 is 0.790 bits per heavy atom. The summed E-state index contributed by atoms with van der Waals surface area (Å²) in [5, 5.41) is 18.3. The topological polar surface area (TPSA) is 179 Å². The van der Waals surface area contributed by atoms with Crippen LogP contribution in [0.4, 0.5) is 9.59 Å². The molecule has 14 nitrogen and oxygen atoms in total. The van der Waals surface area contributed by atoms with E-state index < -0.39 is 36.4 Å². The predicted octanol–water partition coefficient (Wildman–Crippen LogP) is 7.19. The molecule has 4 N–H and O–H groups in total. The standard InChI is InChI=1S/C48H51N7O7/c1-28(2)42(52-47(59)61-3)45(57)54-20-8-11-40(54)44-50-26-39(51-44)35-19-18-33-21-32(16-17-34(33)22-35)29-12-14-30(15-13-29)36-23-38(49-25-36)41-24-37(56)27-55(41)46(58)43(53-48(60)62-4)31-9-6-5-7-10-31/h5-7,9-10,12-19,21-22,25-26,28,37,40-43,56H,8,11,20,23-24,27H2,1-4H3,(H,50,51)(H,52,59)(H,53,60)/t37-,40-,41-,42-,43+/m0/s1. The van der Waals surface area contributed by atoms with E-state index in [2.05, 4.69) is 76.3 Å². The summed E-state index contributed by atoms with van der Waals surface area (Å²) in [7, 11) is 2.54. The molecule has 14 heteroatoms. The number of hydrogen-bond acceptors (Lipinski definition) is 9. The van der Waals surface area contributed by atoms with Crippen molar-refractivity contribution in [3.8, 4) is 22.4 Å². The van der Waals surface area contributed by atoms with E-state index in [1.807, 2.05) is 37.2 Å². The summed E-state index contributed by atoms with van der Waals surface area (Å²) in [6, 6.07) is 27.7. The quantitative estimate of drug-likeness (QED) is 0.108. The van der Waals surface area contributed by atoms with Crippen molar-refractivity contribution in [2.45, 2.75) is 69.8 Å². The lowest BCUT2D eigenvalue weighted by atomic mass is 9.95. The number of H-pyrrole nitrogens is 1. The maximum absolute atomic E-state index is 14.0. The van der Waals surface area contributed by atoms with Crippen molar-refractivity contribution in [2.75, 3.05) is 27.3 Å². The number of alkyl carbamates (subject to hydrolysis) is 2. The number of aliphatic imine (C=N–C) groups is 1. The van der Waals surface area contributed by atoms with Gasteiger partial charge in [-0.3, -0.25) is 14.6 Å². The number of rotatable bonds is 11. The van der Waals surface area contributed by atoms with Crippen LogP contribution >= 0.6 is 0 Å². The molecule has 0 radical (unpaired) electrons. The van der Waals surface area contributed by atoms with Gasteiger partial charge in [-0.05, 0) is 69.5 Å². The number of methoxy groups -OCH3 is 2. The van der Waals surface area contributed by atoms with Crippen LogP contribution in [0.5, 0.6) is 0 Å². The van der Waals surface area contributed by atoms with Gasteiger partial charge in [0.25, 0.3) is 5.91 Å². The molecule has 4 aromatic carbocycles. The van der Waals surface area contributed by atoms with Crippen molar-refractivity contribution < 1.29 is 33.8 Å². The second kappa shape index (κ2) is 18.0. The molecule has 1 aromatic heterocycles. The number of carbonyl (C=O) groups excluding carboxylic acids is 4. The van der Waals surface area contributed by atoms with Gasteiger partial charge in [-0.15, -0.1) is 0 Å². The van der Waals surface area contributed by atoms with E-state index in [1.54, 1.807) is 29.2 Å². The van der Waals surface area contributed by atoms with Gasteiger partial charge in [0.05, 0.1) is 44.3 Å². The molecular weight excluding hydrogens is 787 g/mol. The molecule has 2 saturated heterocycles. The molecule has 8 rings (SSSR count). The largest absolute Gasteiger partial charge is 0.453 e. The van der Waals surface area contributed by atoms with Crippen molar-refractivity contribution in [1.29, 1.82) is 0 Å². The maximum atomic E-state index is 14.0. The van der Waals surface area contributed by atoms with Crippen LogP contribution in [0.1, 0.15) is 68.6 Å². The van der Waals surface area contributed by atoms with Gasteiger partial charge in [0.2, 0.25) is 5.91 Å². The maximum Gasteiger partial charge on any atom is 0.407 e. The van der Waals surface area contributed by atoms with Gasteiger partial charge in [0.15, 0.2) is 0 Å². The Labute approximate surface area is 360 Å². The molecule has 4 heterocycles. The molecule has 0 bridgehead atoms. The number of ether oxygens (including phenoxy) is 2. The number of fused-ring (bicyclic) bond motifs is 1. The molecule has 2 fully saturated rings.